The second-order valence-electron chi connectivity index (χ2n) is 3.53. The van der Waals surface area contributed by atoms with E-state index in [1.807, 2.05) is 30.3 Å². The first-order valence-electron chi connectivity index (χ1n) is 5.82. The van der Waals surface area contributed by atoms with Crippen LogP contribution >= 0.6 is 24.4 Å². The van der Waals surface area contributed by atoms with Crippen molar-refractivity contribution in [3.63, 3.8) is 0 Å². The lowest BCUT2D eigenvalue weighted by Crippen LogP contribution is -2.31. The highest BCUT2D eigenvalue weighted by Crippen LogP contribution is 1.96. The van der Waals surface area contributed by atoms with Crippen LogP contribution in [0.2, 0.25) is 0 Å². The molecule has 20 heavy (non-hydrogen) atoms. The highest BCUT2D eigenvalue weighted by atomic mass is 32.1. The lowest BCUT2D eigenvalue weighted by Gasteiger charge is -2.06. The fourth-order valence-electron chi connectivity index (χ4n) is 1.13. The lowest BCUT2D eigenvalue weighted by molar-refractivity contribution is 0.869. The van der Waals surface area contributed by atoms with E-state index in [1.165, 1.54) is 12.4 Å². The van der Waals surface area contributed by atoms with Crippen LogP contribution in [0.5, 0.6) is 0 Å². The van der Waals surface area contributed by atoms with Crippen molar-refractivity contribution in [1.29, 1.82) is 0 Å². The van der Waals surface area contributed by atoms with Crippen molar-refractivity contribution in [2.75, 3.05) is 7.05 Å². The topological polar surface area (TPSA) is 72.8 Å². The molecule has 106 valence electrons. The minimum absolute atomic E-state index is 0.433. The van der Waals surface area contributed by atoms with Crippen LogP contribution in [0.25, 0.3) is 0 Å². The molecule has 0 bridgehead atoms. The highest BCUT2D eigenvalue weighted by molar-refractivity contribution is 7.80. The molecule has 0 radical (unpaired) electrons. The van der Waals surface area contributed by atoms with Crippen molar-refractivity contribution < 1.29 is 0 Å². The van der Waals surface area contributed by atoms with Crippen molar-refractivity contribution in [3.8, 4) is 0 Å². The second kappa shape index (κ2) is 9.82. The summed E-state index contributed by atoms with van der Waals surface area (Å²) in [6.07, 6.45) is 2.91. The first kappa shape index (κ1) is 16.0. The number of nitrogens with zero attached hydrogens (tertiary/aromatic N) is 2. The molecule has 0 aliphatic carbocycles. The molecule has 0 atom stereocenters. The van der Waals surface area contributed by atoms with Crippen molar-refractivity contribution >= 4 is 47.1 Å². The Morgan fingerprint density at radius 1 is 1.05 bits per heavy atom. The zero-order chi connectivity index (χ0) is 14.6. The Kier molecular flexibility index (Phi) is 7.85. The van der Waals surface area contributed by atoms with E-state index in [9.17, 15) is 0 Å². The fourth-order valence-corrected chi connectivity index (χ4v) is 1.31. The smallest absolute Gasteiger partial charge is 0.187 e. The largest absolute Gasteiger partial charge is 0.364 e. The van der Waals surface area contributed by atoms with Crippen molar-refractivity contribution in [1.82, 2.24) is 21.5 Å². The second-order valence-corrected chi connectivity index (χ2v) is 4.34. The van der Waals surface area contributed by atoms with Gasteiger partial charge in [0, 0.05) is 13.6 Å². The Balaban J connectivity index is 2.18. The SMILES string of the molecule is CNC(=S)NN=CC=NNC(=S)NCc1ccccc1. The van der Waals surface area contributed by atoms with Gasteiger partial charge in [0.1, 0.15) is 0 Å². The van der Waals surface area contributed by atoms with Crippen LogP contribution < -0.4 is 21.5 Å². The maximum Gasteiger partial charge on any atom is 0.187 e. The summed E-state index contributed by atoms with van der Waals surface area (Å²) in [5, 5.41) is 14.3. The van der Waals surface area contributed by atoms with Crippen LogP contribution in [-0.4, -0.2) is 29.7 Å². The summed E-state index contributed by atoms with van der Waals surface area (Å²) >= 11 is 9.89. The molecule has 0 aliphatic heterocycles. The maximum absolute atomic E-state index is 5.06. The van der Waals surface area contributed by atoms with Crippen LogP contribution in [0.3, 0.4) is 0 Å². The molecule has 0 aromatic heterocycles. The third kappa shape index (κ3) is 7.39. The van der Waals surface area contributed by atoms with Gasteiger partial charge >= 0.3 is 0 Å². The monoisotopic (exact) mass is 308 g/mol. The number of benzene rings is 1. The van der Waals surface area contributed by atoms with Gasteiger partial charge in [-0.15, -0.1) is 0 Å². The number of hydrogen-bond donors (Lipinski definition) is 4. The average molecular weight is 308 g/mol. The highest BCUT2D eigenvalue weighted by Gasteiger charge is 1.93. The van der Waals surface area contributed by atoms with Gasteiger partial charge in [-0.05, 0) is 30.0 Å². The summed E-state index contributed by atoms with van der Waals surface area (Å²) in [5.74, 6) is 0. The van der Waals surface area contributed by atoms with Crippen molar-refractivity contribution in [2.24, 2.45) is 10.2 Å². The average Bonchev–Trinajstić information content (AvgIpc) is 2.49. The molecule has 4 N–H and O–H groups in total. The molecule has 0 spiro atoms. The molecule has 1 rings (SSSR count). The summed E-state index contributed by atoms with van der Waals surface area (Å²) in [6.45, 7) is 0.647. The predicted molar refractivity (Wildman–Crippen MR) is 90.8 cm³/mol. The van der Waals surface area contributed by atoms with Crippen LogP contribution in [0, 0.1) is 0 Å². The van der Waals surface area contributed by atoms with Crippen LogP contribution in [0.4, 0.5) is 0 Å². The normalized spacial score (nSPS) is 10.4. The molecule has 0 heterocycles. The van der Waals surface area contributed by atoms with E-state index in [0.29, 0.717) is 16.8 Å². The standard InChI is InChI=1S/C12H16N6S2/c1-13-11(19)17-15-7-8-16-18-12(20)14-9-10-5-3-2-4-6-10/h2-8H,9H2,1H3,(H2,13,17,19)(H2,14,18,20). The molecule has 0 saturated carbocycles. The molecule has 0 aliphatic rings. The number of rotatable bonds is 5. The van der Waals surface area contributed by atoms with Gasteiger partial charge in [0.15, 0.2) is 10.2 Å². The summed E-state index contributed by atoms with van der Waals surface area (Å²) in [7, 11) is 1.71. The van der Waals surface area contributed by atoms with Crippen molar-refractivity contribution in [3.05, 3.63) is 35.9 Å². The zero-order valence-corrected chi connectivity index (χ0v) is 12.6. The Morgan fingerprint density at radius 3 is 2.25 bits per heavy atom. The Hall–Kier alpha value is -2.06. The van der Waals surface area contributed by atoms with E-state index < -0.39 is 0 Å². The van der Waals surface area contributed by atoms with Gasteiger partial charge < -0.3 is 10.6 Å². The van der Waals surface area contributed by atoms with Crippen LogP contribution in [0.1, 0.15) is 5.56 Å². The number of nitrogens with one attached hydrogen (secondary N) is 4. The molecule has 8 heteroatoms. The van der Waals surface area contributed by atoms with Gasteiger partial charge in [-0.25, -0.2) is 0 Å². The number of hydrazone groups is 2. The molecule has 0 saturated heterocycles. The summed E-state index contributed by atoms with van der Waals surface area (Å²) in [4.78, 5) is 0. The minimum Gasteiger partial charge on any atom is -0.364 e. The molecule has 1 aromatic carbocycles. The van der Waals surface area contributed by atoms with E-state index in [-0.39, 0.29) is 0 Å². The Labute approximate surface area is 128 Å². The third-order valence-electron chi connectivity index (χ3n) is 2.07. The molecular weight excluding hydrogens is 292 g/mol. The first-order valence-corrected chi connectivity index (χ1v) is 6.64. The molecule has 1 aromatic rings. The maximum atomic E-state index is 5.06. The predicted octanol–water partition coefficient (Wildman–Crippen LogP) is 0.716. The van der Waals surface area contributed by atoms with Gasteiger partial charge in [0.2, 0.25) is 0 Å². The van der Waals surface area contributed by atoms with E-state index in [4.69, 9.17) is 24.4 Å². The van der Waals surface area contributed by atoms with Gasteiger partial charge in [-0.2, -0.15) is 10.2 Å². The third-order valence-corrected chi connectivity index (χ3v) is 2.60. The van der Waals surface area contributed by atoms with Crippen LogP contribution in [0.15, 0.2) is 40.5 Å². The molecule has 0 fully saturated rings. The van der Waals surface area contributed by atoms with Crippen LogP contribution in [-0.2, 0) is 6.54 Å². The molecular formula is C12H16N6S2. The van der Waals surface area contributed by atoms with E-state index in [1.54, 1.807) is 7.05 Å². The summed E-state index contributed by atoms with van der Waals surface area (Å²) in [5.41, 5.74) is 6.41. The van der Waals surface area contributed by atoms with E-state index in [2.05, 4.69) is 31.7 Å². The Morgan fingerprint density at radius 2 is 1.65 bits per heavy atom. The number of thiocarbonyl (C=S) groups is 2. The van der Waals surface area contributed by atoms with E-state index >= 15 is 0 Å². The zero-order valence-electron chi connectivity index (χ0n) is 11.0. The quantitative estimate of drug-likeness (QED) is 0.365. The summed E-state index contributed by atoms with van der Waals surface area (Å²) < 4.78 is 0. The number of hydrogen-bond acceptors (Lipinski definition) is 4. The lowest BCUT2D eigenvalue weighted by atomic mass is 10.2. The van der Waals surface area contributed by atoms with Gasteiger partial charge in [0.05, 0.1) is 12.4 Å². The molecule has 0 unspecified atom stereocenters. The fraction of sp³-hybridized carbons (Fsp3) is 0.167. The molecule has 6 nitrogen and oxygen atoms in total. The van der Waals surface area contributed by atoms with E-state index in [0.717, 1.165) is 5.56 Å². The van der Waals surface area contributed by atoms with Gasteiger partial charge in [-0.3, -0.25) is 10.9 Å². The Bertz CT molecular complexity index is 486. The van der Waals surface area contributed by atoms with Gasteiger partial charge in [-0.1, -0.05) is 30.3 Å². The minimum atomic E-state index is 0.433. The van der Waals surface area contributed by atoms with Crippen molar-refractivity contribution in [2.45, 2.75) is 6.54 Å². The molecule has 0 amide bonds. The van der Waals surface area contributed by atoms with Gasteiger partial charge in [0.25, 0.3) is 0 Å². The summed E-state index contributed by atoms with van der Waals surface area (Å²) in [6, 6.07) is 9.95. The first-order chi connectivity index (χ1) is 9.72.